The van der Waals surface area contributed by atoms with Crippen LogP contribution in [-0.4, -0.2) is 38.8 Å². The highest BCUT2D eigenvalue weighted by Crippen LogP contribution is 2.16. The van der Waals surface area contributed by atoms with Gasteiger partial charge in [-0.25, -0.2) is 0 Å². The summed E-state index contributed by atoms with van der Waals surface area (Å²) in [5, 5.41) is 2.92. The highest BCUT2D eigenvalue weighted by atomic mass is 16.5. The molecule has 0 bridgehead atoms. The fourth-order valence-electron chi connectivity index (χ4n) is 2.40. The number of rotatable bonds is 10. The lowest BCUT2D eigenvalue weighted by molar-refractivity contribution is -0.115. The number of likely N-dealkylation sites (N-methyl/N-ethyl adjacent to an activating group) is 1. The van der Waals surface area contributed by atoms with Gasteiger partial charge in [0.15, 0.2) is 0 Å². The zero-order chi connectivity index (χ0) is 17.9. The van der Waals surface area contributed by atoms with Crippen LogP contribution in [0.1, 0.15) is 13.8 Å². The van der Waals surface area contributed by atoms with Crippen molar-refractivity contribution in [3.05, 3.63) is 54.6 Å². The molecule has 0 atom stereocenters. The molecular weight excluding hydrogens is 316 g/mol. The van der Waals surface area contributed by atoms with E-state index in [1.165, 1.54) is 0 Å². The number of nitrogens with one attached hydrogen (secondary N) is 1. The number of carbonyl (C=O) groups excluding carboxylic acids is 1. The van der Waals surface area contributed by atoms with Crippen molar-refractivity contribution in [1.29, 1.82) is 0 Å². The van der Waals surface area contributed by atoms with Crippen LogP contribution in [0.25, 0.3) is 0 Å². The highest BCUT2D eigenvalue weighted by molar-refractivity contribution is 5.94. The maximum Gasteiger partial charge on any atom is 0.243 e. The zero-order valence-electron chi connectivity index (χ0n) is 14.9. The Morgan fingerprint density at radius 1 is 1.00 bits per heavy atom. The minimum absolute atomic E-state index is 0.0456. The van der Waals surface area contributed by atoms with Crippen LogP contribution in [0.15, 0.2) is 54.6 Å². The molecular formula is C20H26N2O3. The molecule has 5 heteroatoms. The summed E-state index contributed by atoms with van der Waals surface area (Å²) >= 11 is 0. The quantitative estimate of drug-likeness (QED) is 0.671. The molecule has 0 spiro atoms. The highest BCUT2D eigenvalue weighted by Gasteiger charge is 2.10. The van der Waals surface area contributed by atoms with Crippen LogP contribution in [0.3, 0.4) is 0 Å². The summed E-state index contributed by atoms with van der Waals surface area (Å²) in [6.07, 6.45) is 0. The molecule has 5 nitrogen and oxygen atoms in total. The topological polar surface area (TPSA) is 50.8 Å². The van der Waals surface area contributed by atoms with Crippen molar-refractivity contribution in [3.8, 4) is 5.75 Å². The molecule has 2 aromatic rings. The summed E-state index contributed by atoms with van der Waals surface area (Å²) in [7, 11) is 0. The van der Waals surface area contributed by atoms with Gasteiger partial charge in [0, 0.05) is 24.5 Å². The Morgan fingerprint density at radius 3 is 2.36 bits per heavy atom. The first kappa shape index (κ1) is 18.8. The van der Waals surface area contributed by atoms with E-state index in [9.17, 15) is 4.79 Å². The molecule has 0 saturated carbocycles. The number of hydrogen-bond donors (Lipinski definition) is 1. The van der Waals surface area contributed by atoms with Crippen LogP contribution in [0.5, 0.6) is 5.75 Å². The van der Waals surface area contributed by atoms with E-state index in [0.717, 1.165) is 23.7 Å². The summed E-state index contributed by atoms with van der Waals surface area (Å²) in [6, 6.07) is 17.3. The third-order valence-electron chi connectivity index (χ3n) is 3.68. The summed E-state index contributed by atoms with van der Waals surface area (Å²) in [4.78, 5) is 14.3. The van der Waals surface area contributed by atoms with Gasteiger partial charge in [-0.2, -0.15) is 0 Å². The molecule has 0 unspecified atom stereocenters. The largest absolute Gasteiger partial charge is 0.491 e. The van der Waals surface area contributed by atoms with Crippen molar-refractivity contribution in [1.82, 2.24) is 0 Å². The fourth-order valence-corrected chi connectivity index (χ4v) is 2.40. The van der Waals surface area contributed by atoms with E-state index in [-0.39, 0.29) is 5.91 Å². The van der Waals surface area contributed by atoms with Crippen LogP contribution >= 0.6 is 0 Å². The van der Waals surface area contributed by atoms with Crippen molar-refractivity contribution >= 4 is 17.3 Å². The van der Waals surface area contributed by atoms with E-state index < -0.39 is 0 Å². The Morgan fingerprint density at radius 2 is 1.72 bits per heavy atom. The van der Waals surface area contributed by atoms with Gasteiger partial charge in [-0.3, -0.25) is 4.79 Å². The molecule has 25 heavy (non-hydrogen) atoms. The SMILES string of the molecule is CCOCCOc1ccc(NC(=O)CN(CC)c2ccccc2)cc1. The summed E-state index contributed by atoms with van der Waals surface area (Å²) in [5.41, 5.74) is 1.80. The second-order valence-electron chi connectivity index (χ2n) is 5.47. The van der Waals surface area contributed by atoms with Gasteiger partial charge in [0.25, 0.3) is 0 Å². The molecule has 2 rings (SSSR count). The van der Waals surface area contributed by atoms with Gasteiger partial charge in [0.2, 0.25) is 5.91 Å². The van der Waals surface area contributed by atoms with E-state index in [1.54, 1.807) is 0 Å². The summed E-state index contributed by atoms with van der Waals surface area (Å²) < 4.78 is 10.8. The van der Waals surface area contributed by atoms with E-state index in [1.807, 2.05) is 73.3 Å². The average Bonchev–Trinajstić information content (AvgIpc) is 2.65. The number of benzene rings is 2. The van der Waals surface area contributed by atoms with Crippen molar-refractivity contribution in [3.63, 3.8) is 0 Å². The number of hydrogen-bond acceptors (Lipinski definition) is 4. The molecule has 134 valence electrons. The first-order valence-electron chi connectivity index (χ1n) is 8.63. The van der Waals surface area contributed by atoms with Crippen LogP contribution in [0, 0.1) is 0 Å². The molecule has 1 amide bonds. The van der Waals surface area contributed by atoms with Crippen LogP contribution < -0.4 is 15.0 Å². The van der Waals surface area contributed by atoms with Gasteiger partial charge < -0.3 is 19.7 Å². The lowest BCUT2D eigenvalue weighted by atomic mass is 10.2. The van der Waals surface area contributed by atoms with Crippen molar-refractivity contribution in [2.45, 2.75) is 13.8 Å². The Kier molecular flexibility index (Phi) is 7.79. The molecule has 2 aromatic carbocycles. The number of anilines is 2. The van der Waals surface area contributed by atoms with Crippen molar-refractivity contribution in [2.24, 2.45) is 0 Å². The predicted molar refractivity (Wildman–Crippen MR) is 101 cm³/mol. The molecule has 0 radical (unpaired) electrons. The standard InChI is InChI=1S/C20H26N2O3/c1-3-22(18-8-6-5-7-9-18)16-20(23)21-17-10-12-19(13-11-17)25-15-14-24-4-2/h5-13H,3-4,14-16H2,1-2H3,(H,21,23). The van der Waals surface area contributed by atoms with E-state index in [2.05, 4.69) is 5.32 Å². The normalized spacial score (nSPS) is 10.3. The lowest BCUT2D eigenvalue weighted by Crippen LogP contribution is -2.33. The predicted octanol–water partition coefficient (Wildman–Crippen LogP) is 3.57. The van der Waals surface area contributed by atoms with Crippen LogP contribution in [0.2, 0.25) is 0 Å². The lowest BCUT2D eigenvalue weighted by Gasteiger charge is -2.22. The molecule has 0 heterocycles. The Balaban J connectivity index is 1.83. The van der Waals surface area contributed by atoms with Gasteiger partial charge in [0.05, 0.1) is 13.2 Å². The van der Waals surface area contributed by atoms with Crippen LogP contribution in [-0.2, 0) is 9.53 Å². The monoisotopic (exact) mass is 342 g/mol. The Bertz CT molecular complexity index is 629. The van der Waals surface area contributed by atoms with Crippen molar-refractivity contribution < 1.29 is 14.3 Å². The summed E-state index contributed by atoms with van der Waals surface area (Å²) in [6.45, 7) is 6.84. The molecule has 0 aliphatic rings. The first-order chi connectivity index (χ1) is 12.2. The maximum atomic E-state index is 12.3. The van der Waals surface area contributed by atoms with Gasteiger partial charge in [-0.1, -0.05) is 18.2 Å². The van der Waals surface area contributed by atoms with E-state index in [4.69, 9.17) is 9.47 Å². The van der Waals surface area contributed by atoms with Crippen molar-refractivity contribution in [2.75, 3.05) is 43.1 Å². The average molecular weight is 342 g/mol. The first-order valence-corrected chi connectivity index (χ1v) is 8.63. The van der Waals surface area contributed by atoms with Crippen LogP contribution in [0.4, 0.5) is 11.4 Å². The third kappa shape index (κ3) is 6.47. The Hall–Kier alpha value is -2.53. The summed E-state index contributed by atoms with van der Waals surface area (Å²) in [5.74, 6) is 0.716. The number of amides is 1. The maximum absolute atomic E-state index is 12.3. The number of nitrogens with zero attached hydrogens (tertiary/aromatic N) is 1. The minimum atomic E-state index is -0.0456. The van der Waals surface area contributed by atoms with Gasteiger partial charge >= 0.3 is 0 Å². The molecule has 0 aliphatic heterocycles. The zero-order valence-corrected chi connectivity index (χ0v) is 14.9. The van der Waals surface area contributed by atoms with Gasteiger partial charge in [-0.15, -0.1) is 0 Å². The number of para-hydroxylation sites is 1. The Labute approximate surface area is 149 Å². The second-order valence-corrected chi connectivity index (χ2v) is 5.47. The van der Waals surface area contributed by atoms with Gasteiger partial charge in [-0.05, 0) is 50.2 Å². The number of ether oxygens (including phenoxy) is 2. The van der Waals surface area contributed by atoms with E-state index >= 15 is 0 Å². The smallest absolute Gasteiger partial charge is 0.243 e. The molecule has 1 N–H and O–H groups in total. The molecule has 0 fully saturated rings. The molecule has 0 aromatic heterocycles. The van der Waals surface area contributed by atoms with Gasteiger partial charge in [0.1, 0.15) is 12.4 Å². The fraction of sp³-hybridized carbons (Fsp3) is 0.350. The molecule has 0 saturated heterocycles. The molecule has 0 aliphatic carbocycles. The third-order valence-corrected chi connectivity index (χ3v) is 3.68. The minimum Gasteiger partial charge on any atom is -0.491 e. The second kappa shape index (κ2) is 10.4. The van der Waals surface area contributed by atoms with E-state index in [0.29, 0.717) is 26.4 Å². The number of carbonyl (C=O) groups is 1.